The zero-order chi connectivity index (χ0) is 18.7. The molecule has 1 unspecified atom stereocenters. The van der Waals surface area contributed by atoms with E-state index in [1.807, 2.05) is 6.92 Å². The summed E-state index contributed by atoms with van der Waals surface area (Å²) in [7, 11) is -2.31. The Balaban J connectivity index is 1.87. The van der Waals surface area contributed by atoms with E-state index in [9.17, 15) is 13.2 Å². The average Bonchev–Trinajstić information content (AvgIpc) is 3.12. The van der Waals surface area contributed by atoms with Gasteiger partial charge in [0.2, 0.25) is 10.0 Å². The highest BCUT2D eigenvalue weighted by Gasteiger charge is 2.28. The summed E-state index contributed by atoms with van der Waals surface area (Å²) >= 11 is 0. The highest BCUT2D eigenvalue weighted by Crippen LogP contribution is 2.27. The van der Waals surface area contributed by atoms with Gasteiger partial charge in [-0.3, -0.25) is 4.79 Å². The Labute approximate surface area is 155 Å². The number of carbonyl (C=O) groups excluding carboxylic acids is 1. The first kappa shape index (κ1) is 19.1. The van der Waals surface area contributed by atoms with Gasteiger partial charge in [-0.15, -0.1) is 0 Å². The number of carbonyl (C=O) groups is 1. The zero-order valence-electron chi connectivity index (χ0n) is 15.3. The Morgan fingerprint density at radius 3 is 2.69 bits per heavy atom. The molecule has 2 fully saturated rings. The van der Waals surface area contributed by atoms with Gasteiger partial charge in [0.25, 0.3) is 5.91 Å². The number of piperazine rings is 1. The topological polar surface area (TPSA) is 87.7 Å². The van der Waals surface area contributed by atoms with E-state index in [0.717, 1.165) is 32.2 Å². The van der Waals surface area contributed by atoms with Crippen LogP contribution in [0.3, 0.4) is 0 Å². The minimum Gasteiger partial charge on any atom is -0.495 e. The maximum atomic E-state index is 12.8. The normalized spacial score (nSPS) is 21.8. The Kier molecular flexibility index (Phi) is 5.84. The highest BCUT2D eigenvalue weighted by atomic mass is 32.2. The molecule has 1 saturated carbocycles. The Hall–Kier alpha value is -1.64. The lowest BCUT2D eigenvalue weighted by atomic mass is 10.1. The number of benzene rings is 1. The number of amides is 1. The molecule has 1 aromatic rings. The molecule has 2 aliphatic rings. The average molecular weight is 381 g/mol. The summed E-state index contributed by atoms with van der Waals surface area (Å²) in [5.41, 5.74) is 0.367. The summed E-state index contributed by atoms with van der Waals surface area (Å²) in [5.74, 6) is 0.0963. The van der Waals surface area contributed by atoms with Gasteiger partial charge in [-0.05, 0) is 38.0 Å². The third-order valence-electron chi connectivity index (χ3n) is 5.03. The third-order valence-corrected chi connectivity index (χ3v) is 6.57. The molecule has 1 aliphatic carbocycles. The molecule has 26 heavy (non-hydrogen) atoms. The molecule has 1 amide bonds. The lowest BCUT2D eigenvalue weighted by Gasteiger charge is -2.32. The molecule has 1 aliphatic heterocycles. The molecule has 7 nitrogen and oxygen atoms in total. The van der Waals surface area contributed by atoms with Crippen LogP contribution in [0.15, 0.2) is 23.1 Å². The van der Waals surface area contributed by atoms with Gasteiger partial charge in [0.15, 0.2) is 0 Å². The van der Waals surface area contributed by atoms with Crippen LogP contribution in [-0.4, -0.2) is 58.1 Å². The largest absolute Gasteiger partial charge is 0.495 e. The molecule has 1 saturated heterocycles. The van der Waals surface area contributed by atoms with Crippen molar-refractivity contribution in [2.45, 2.75) is 49.6 Å². The summed E-state index contributed by atoms with van der Waals surface area (Å²) in [6.45, 7) is 3.97. The molecule has 0 bridgehead atoms. The first-order chi connectivity index (χ1) is 12.4. The number of methoxy groups -OCH3 is 1. The van der Waals surface area contributed by atoms with E-state index in [2.05, 4.69) is 10.0 Å². The molecule has 2 N–H and O–H groups in total. The van der Waals surface area contributed by atoms with Crippen LogP contribution in [0.25, 0.3) is 0 Å². The fraction of sp³-hybridized carbons (Fsp3) is 0.611. The number of nitrogens with zero attached hydrogens (tertiary/aromatic N) is 1. The minimum absolute atomic E-state index is 0.0286. The smallest absolute Gasteiger partial charge is 0.253 e. The van der Waals surface area contributed by atoms with Gasteiger partial charge in [0.05, 0.1) is 7.11 Å². The van der Waals surface area contributed by atoms with Crippen molar-refractivity contribution in [3.8, 4) is 5.75 Å². The number of rotatable bonds is 5. The van der Waals surface area contributed by atoms with Crippen molar-refractivity contribution in [3.63, 3.8) is 0 Å². The first-order valence-corrected chi connectivity index (χ1v) is 10.6. The molecule has 0 spiro atoms. The fourth-order valence-corrected chi connectivity index (χ4v) is 5.15. The van der Waals surface area contributed by atoms with Crippen LogP contribution in [0.4, 0.5) is 0 Å². The Morgan fingerprint density at radius 1 is 1.31 bits per heavy atom. The van der Waals surface area contributed by atoms with E-state index < -0.39 is 10.0 Å². The van der Waals surface area contributed by atoms with Crippen LogP contribution in [-0.2, 0) is 10.0 Å². The standard InChI is InChI=1S/C18H27N3O4S/c1-13-12-21(10-9-19-13)18(22)14-7-8-16(25-2)17(11-14)26(23,24)20-15-5-3-4-6-15/h7-8,11,13,15,19-20H,3-6,9-10,12H2,1-2H3. The second kappa shape index (κ2) is 7.94. The van der Waals surface area contributed by atoms with Crippen molar-refractivity contribution in [2.75, 3.05) is 26.7 Å². The van der Waals surface area contributed by atoms with Gasteiger partial charge in [-0.25, -0.2) is 13.1 Å². The molecule has 144 valence electrons. The summed E-state index contributed by atoms with van der Waals surface area (Å²) < 4.78 is 33.7. The van der Waals surface area contributed by atoms with Gasteiger partial charge >= 0.3 is 0 Å². The molecule has 8 heteroatoms. The van der Waals surface area contributed by atoms with Crippen molar-refractivity contribution in [1.82, 2.24) is 14.9 Å². The third kappa shape index (κ3) is 4.19. The summed E-state index contributed by atoms with van der Waals surface area (Å²) in [4.78, 5) is 14.6. The van der Waals surface area contributed by atoms with E-state index >= 15 is 0 Å². The van der Waals surface area contributed by atoms with E-state index in [-0.39, 0.29) is 28.6 Å². The van der Waals surface area contributed by atoms with Gasteiger partial charge in [0.1, 0.15) is 10.6 Å². The van der Waals surface area contributed by atoms with Gasteiger partial charge in [-0.1, -0.05) is 12.8 Å². The Morgan fingerprint density at radius 2 is 2.04 bits per heavy atom. The minimum atomic E-state index is -3.74. The quantitative estimate of drug-likeness (QED) is 0.804. The zero-order valence-corrected chi connectivity index (χ0v) is 16.1. The monoisotopic (exact) mass is 381 g/mol. The fourth-order valence-electron chi connectivity index (χ4n) is 3.65. The second-order valence-corrected chi connectivity index (χ2v) is 8.76. The van der Waals surface area contributed by atoms with Crippen molar-refractivity contribution in [2.24, 2.45) is 0 Å². The maximum Gasteiger partial charge on any atom is 0.253 e. The van der Waals surface area contributed by atoms with Crippen LogP contribution in [0.5, 0.6) is 5.75 Å². The Bertz CT molecular complexity index is 760. The predicted molar refractivity (Wildman–Crippen MR) is 98.9 cm³/mol. The molecule has 0 radical (unpaired) electrons. The molecule has 3 rings (SSSR count). The van der Waals surface area contributed by atoms with Gasteiger partial charge < -0.3 is 15.0 Å². The first-order valence-electron chi connectivity index (χ1n) is 9.14. The van der Waals surface area contributed by atoms with E-state index in [0.29, 0.717) is 18.7 Å². The number of sulfonamides is 1. The van der Waals surface area contributed by atoms with E-state index in [4.69, 9.17) is 4.74 Å². The molecule has 0 aromatic heterocycles. The summed E-state index contributed by atoms with van der Waals surface area (Å²) in [5, 5.41) is 3.29. The summed E-state index contributed by atoms with van der Waals surface area (Å²) in [6, 6.07) is 4.80. The van der Waals surface area contributed by atoms with E-state index in [1.54, 1.807) is 17.0 Å². The number of hydrogen-bond acceptors (Lipinski definition) is 5. The van der Waals surface area contributed by atoms with Crippen molar-refractivity contribution in [3.05, 3.63) is 23.8 Å². The van der Waals surface area contributed by atoms with Crippen molar-refractivity contribution >= 4 is 15.9 Å². The number of nitrogens with one attached hydrogen (secondary N) is 2. The second-order valence-electron chi connectivity index (χ2n) is 7.07. The van der Waals surface area contributed by atoms with Crippen LogP contribution in [0, 0.1) is 0 Å². The molecular weight excluding hydrogens is 354 g/mol. The maximum absolute atomic E-state index is 12.8. The lowest BCUT2D eigenvalue weighted by Crippen LogP contribution is -2.51. The van der Waals surface area contributed by atoms with Crippen LogP contribution in [0.1, 0.15) is 43.0 Å². The molecule has 1 heterocycles. The SMILES string of the molecule is COc1ccc(C(=O)N2CCNC(C)C2)cc1S(=O)(=O)NC1CCCC1. The number of ether oxygens (including phenoxy) is 1. The van der Waals surface area contributed by atoms with Crippen molar-refractivity contribution < 1.29 is 17.9 Å². The van der Waals surface area contributed by atoms with Crippen molar-refractivity contribution in [1.29, 1.82) is 0 Å². The summed E-state index contributed by atoms with van der Waals surface area (Å²) in [6.07, 6.45) is 3.76. The van der Waals surface area contributed by atoms with Crippen LogP contribution in [0.2, 0.25) is 0 Å². The van der Waals surface area contributed by atoms with Crippen LogP contribution < -0.4 is 14.8 Å². The molecule has 1 atom stereocenters. The number of hydrogen-bond donors (Lipinski definition) is 2. The van der Waals surface area contributed by atoms with Gasteiger partial charge in [-0.2, -0.15) is 0 Å². The van der Waals surface area contributed by atoms with Gasteiger partial charge in [0, 0.05) is 37.3 Å². The predicted octanol–water partition coefficient (Wildman–Crippen LogP) is 1.35. The molecule has 1 aromatic carbocycles. The van der Waals surface area contributed by atoms with E-state index in [1.165, 1.54) is 13.2 Å². The highest BCUT2D eigenvalue weighted by molar-refractivity contribution is 7.89. The molecular formula is C18H27N3O4S. The lowest BCUT2D eigenvalue weighted by molar-refractivity contribution is 0.0709. The van der Waals surface area contributed by atoms with Crippen LogP contribution >= 0.6 is 0 Å².